The molecule has 0 bridgehead atoms. The predicted molar refractivity (Wildman–Crippen MR) is 106 cm³/mol. The lowest BCUT2D eigenvalue weighted by atomic mass is 9.97. The normalized spacial score (nSPS) is 14.7. The molecule has 0 aliphatic carbocycles. The van der Waals surface area contributed by atoms with Crippen molar-refractivity contribution in [2.24, 2.45) is 5.92 Å². The number of amides is 1. The van der Waals surface area contributed by atoms with Crippen LogP contribution in [0.3, 0.4) is 0 Å². The maximum atomic E-state index is 12.2. The van der Waals surface area contributed by atoms with Gasteiger partial charge >= 0.3 is 5.97 Å². The Balaban J connectivity index is 1.43. The van der Waals surface area contributed by atoms with Gasteiger partial charge in [0.25, 0.3) is 5.91 Å². The quantitative estimate of drug-likeness (QED) is 0.539. The molecule has 2 aromatic rings. The van der Waals surface area contributed by atoms with Crippen molar-refractivity contribution in [1.29, 1.82) is 0 Å². The first-order valence-corrected chi connectivity index (χ1v) is 9.44. The molecule has 26 heavy (non-hydrogen) atoms. The Kier molecular flexibility index (Phi) is 6.37. The van der Waals surface area contributed by atoms with Crippen molar-refractivity contribution in [3.8, 4) is 0 Å². The average molecular weight is 466 g/mol. The van der Waals surface area contributed by atoms with Crippen LogP contribution < -0.4 is 10.2 Å². The van der Waals surface area contributed by atoms with Crippen LogP contribution in [0.4, 0.5) is 11.6 Å². The first-order valence-electron chi connectivity index (χ1n) is 8.36. The summed E-state index contributed by atoms with van der Waals surface area (Å²) in [6.07, 6.45) is 4.73. The smallest absolute Gasteiger partial charge is 0.309 e. The van der Waals surface area contributed by atoms with Gasteiger partial charge in [0, 0.05) is 29.1 Å². The topological polar surface area (TPSA) is 84.4 Å². The molecule has 1 aliphatic rings. The molecule has 0 unspecified atom stereocenters. The van der Waals surface area contributed by atoms with Crippen molar-refractivity contribution in [3.05, 3.63) is 46.3 Å². The molecule has 1 fully saturated rings. The Hall–Kier alpha value is -2.23. The molecule has 0 atom stereocenters. The first kappa shape index (κ1) is 18.6. The van der Waals surface area contributed by atoms with Gasteiger partial charge in [-0.15, -0.1) is 0 Å². The van der Waals surface area contributed by atoms with Crippen LogP contribution >= 0.6 is 22.6 Å². The summed E-state index contributed by atoms with van der Waals surface area (Å²) in [7, 11) is 0. The SMILES string of the molecule is O=C(COC(=O)C1CCN(c2ncccn2)CC1)Nc1ccccc1I. The fraction of sp³-hybridized carbons (Fsp3) is 0.333. The van der Waals surface area contributed by atoms with E-state index in [1.807, 2.05) is 29.2 Å². The molecule has 8 heteroatoms. The summed E-state index contributed by atoms with van der Waals surface area (Å²) in [6.45, 7) is 1.11. The van der Waals surface area contributed by atoms with Crippen LogP contribution in [-0.4, -0.2) is 41.5 Å². The van der Waals surface area contributed by atoms with E-state index in [9.17, 15) is 9.59 Å². The molecule has 0 saturated carbocycles. The summed E-state index contributed by atoms with van der Waals surface area (Å²) in [5.41, 5.74) is 0.713. The van der Waals surface area contributed by atoms with Crippen LogP contribution in [0.25, 0.3) is 0 Å². The number of carbonyl (C=O) groups excluding carboxylic acids is 2. The second-order valence-electron chi connectivity index (χ2n) is 5.95. The standard InChI is InChI=1S/C18H19IN4O3/c19-14-4-1-2-5-15(14)22-16(24)12-26-17(25)13-6-10-23(11-7-13)18-20-8-3-9-21-18/h1-5,8-9,13H,6-7,10-12H2,(H,22,24). The van der Waals surface area contributed by atoms with E-state index in [4.69, 9.17) is 4.74 Å². The Labute approximate surface area is 165 Å². The molecule has 1 aromatic carbocycles. The lowest BCUT2D eigenvalue weighted by molar-refractivity contribution is -0.152. The van der Waals surface area contributed by atoms with Gasteiger partial charge in [-0.3, -0.25) is 9.59 Å². The van der Waals surface area contributed by atoms with E-state index < -0.39 is 0 Å². The fourth-order valence-electron chi connectivity index (χ4n) is 2.77. The molecule has 1 aliphatic heterocycles. The van der Waals surface area contributed by atoms with Crippen molar-refractivity contribution in [2.45, 2.75) is 12.8 Å². The number of para-hydroxylation sites is 1. The molecule has 7 nitrogen and oxygen atoms in total. The van der Waals surface area contributed by atoms with Crippen LogP contribution in [-0.2, 0) is 14.3 Å². The zero-order valence-corrected chi connectivity index (χ0v) is 16.3. The van der Waals surface area contributed by atoms with Crippen LogP contribution in [0, 0.1) is 9.49 Å². The highest BCUT2D eigenvalue weighted by molar-refractivity contribution is 14.1. The van der Waals surface area contributed by atoms with Gasteiger partial charge in [-0.05, 0) is 53.6 Å². The number of hydrogen-bond donors (Lipinski definition) is 1. The summed E-state index contributed by atoms with van der Waals surface area (Å²) in [6, 6.07) is 9.21. The summed E-state index contributed by atoms with van der Waals surface area (Å²) in [5, 5.41) is 2.75. The number of carbonyl (C=O) groups is 2. The highest BCUT2D eigenvalue weighted by atomic mass is 127. The number of nitrogens with zero attached hydrogens (tertiary/aromatic N) is 3. The number of benzene rings is 1. The van der Waals surface area contributed by atoms with Gasteiger partial charge < -0.3 is 15.0 Å². The maximum Gasteiger partial charge on any atom is 0.309 e. The summed E-state index contributed by atoms with van der Waals surface area (Å²) < 4.78 is 6.12. The van der Waals surface area contributed by atoms with Gasteiger partial charge in [-0.25, -0.2) is 9.97 Å². The molecular formula is C18H19IN4O3. The molecule has 0 spiro atoms. The molecule has 136 valence electrons. The first-order chi connectivity index (χ1) is 12.6. The minimum Gasteiger partial charge on any atom is -0.455 e. The minimum absolute atomic E-state index is 0.195. The van der Waals surface area contributed by atoms with Crippen molar-refractivity contribution in [3.63, 3.8) is 0 Å². The third kappa shape index (κ3) is 4.90. The third-order valence-corrected chi connectivity index (χ3v) is 5.10. The summed E-state index contributed by atoms with van der Waals surface area (Å²) in [5.74, 6) is -0.176. The average Bonchev–Trinajstić information content (AvgIpc) is 2.69. The molecule has 2 heterocycles. The van der Waals surface area contributed by atoms with E-state index in [0.29, 0.717) is 37.6 Å². The van der Waals surface area contributed by atoms with E-state index in [1.54, 1.807) is 18.5 Å². The number of aromatic nitrogens is 2. The van der Waals surface area contributed by atoms with Crippen LogP contribution in [0.15, 0.2) is 42.7 Å². The second-order valence-corrected chi connectivity index (χ2v) is 7.11. The van der Waals surface area contributed by atoms with Crippen molar-refractivity contribution in [1.82, 2.24) is 9.97 Å². The monoisotopic (exact) mass is 466 g/mol. The number of piperidine rings is 1. The van der Waals surface area contributed by atoms with Crippen LogP contribution in [0.1, 0.15) is 12.8 Å². The highest BCUT2D eigenvalue weighted by Gasteiger charge is 2.27. The molecule has 3 rings (SSSR count). The Morgan fingerprint density at radius 1 is 1.15 bits per heavy atom. The zero-order valence-electron chi connectivity index (χ0n) is 14.1. The lowest BCUT2D eigenvalue weighted by Gasteiger charge is -2.30. The second kappa shape index (κ2) is 8.93. The molecule has 1 amide bonds. The van der Waals surface area contributed by atoms with Gasteiger partial charge in [-0.2, -0.15) is 0 Å². The van der Waals surface area contributed by atoms with Crippen LogP contribution in [0.5, 0.6) is 0 Å². The van der Waals surface area contributed by atoms with E-state index >= 15 is 0 Å². The molecule has 1 N–H and O–H groups in total. The van der Waals surface area contributed by atoms with E-state index in [-0.39, 0.29) is 24.4 Å². The number of halogens is 1. The number of hydrogen-bond acceptors (Lipinski definition) is 6. The Morgan fingerprint density at radius 2 is 1.85 bits per heavy atom. The molecular weight excluding hydrogens is 447 g/mol. The van der Waals surface area contributed by atoms with Gasteiger partial charge in [0.15, 0.2) is 6.61 Å². The van der Waals surface area contributed by atoms with Gasteiger partial charge in [0.05, 0.1) is 11.6 Å². The Morgan fingerprint density at radius 3 is 2.54 bits per heavy atom. The summed E-state index contributed by atoms with van der Waals surface area (Å²) >= 11 is 2.14. The number of rotatable bonds is 5. The van der Waals surface area contributed by atoms with Gasteiger partial charge in [-0.1, -0.05) is 12.1 Å². The highest BCUT2D eigenvalue weighted by Crippen LogP contribution is 2.21. The predicted octanol–water partition coefficient (Wildman–Crippen LogP) is 2.48. The number of esters is 1. The fourth-order valence-corrected chi connectivity index (χ4v) is 3.30. The number of anilines is 2. The molecule has 1 saturated heterocycles. The minimum atomic E-state index is -0.336. The maximum absolute atomic E-state index is 12.2. The third-order valence-electron chi connectivity index (χ3n) is 4.16. The molecule has 0 radical (unpaired) electrons. The van der Waals surface area contributed by atoms with E-state index in [1.165, 1.54) is 0 Å². The number of ether oxygens (including phenoxy) is 1. The van der Waals surface area contributed by atoms with E-state index in [0.717, 1.165) is 3.57 Å². The van der Waals surface area contributed by atoms with Crippen molar-refractivity contribution < 1.29 is 14.3 Å². The van der Waals surface area contributed by atoms with Crippen molar-refractivity contribution in [2.75, 3.05) is 29.9 Å². The lowest BCUT2D eigenvalue weighted by Crippen LogP contribution is -2.38. The molecule has 1 aromatic heterocycles. The summed E-state index contributed by atoms with van der Waals surface area (Å²) in [4.78, 5) is 34.7. The largest absolute Gasteiger partial charge is 0.455 e. The zero-order chi connectivity index (χ0) is 18.4. The Bertz CT molecular complexity index is 764. The van der Waals surface area contributed by atoms with Crippen molar-refractivity contribution >= 4 is 46.1 Å². The van der Waals surface area contributed by atoms with Crippen LogP contribution in [0.2, 0.25) is 0 Å². The van der Waals surface area contributed by atoms with E-state index in [2.05, 4.69) is 37.9 Å². The number of nitrogens with one attached hydrogen (secondary N) is 1. The van der Waals surface area contributed by atoms with Gasteiger partial charge in [0.1, 0.15) is 0 Å². The van der Waals surface area contributed by atoms with Gasteiger partial charge in [0.2, 0.25) is 5.95 Å².